The number of carbonyl (C=O) groups excluding carboxylic acids is 1. The van der Waals surface area contributed by atoms with Crippen molar-refractivity contribution in [2.75, 3.05) is 13.6 Å². The summed E-state index contributed by atoms with van der Waals surface area (Å²) in [6.45, 7) is 1.84. The number of halogens is 1. The highest BCUT2D eigenvalue weighted by atomic mass is 79.9. The van der Waals surface area contributed by atoms with Crippen LogP contribution >= 0.6 is 27.3 Å². The lowest BCUT2D eigenvalue weighted by molar-refractivity contribution is 0.0980. The molecule has 20 heavy (non-hydrogen) atoms. The summed E-state index contributed by atoms with van der Waals surface area (Å²) in [6.07, 6.45) is 1.53. The van der Waals surface area contributed by atoms with Gasteiger partial charge < -0.3 is 4.90 Å². The van der Waals surface area contributed by atoms with Gasteiger partial charge in [-0.05, 0) is 49.2 Å². The molecule has 0 atom stereocenters. The summed E-state index contributed by atoms with van der Waals surface area (Å²) in [6, 6.07) is 12.2. The monoisotopic (exact) mass is 351 g/mol. The van der Waals surface area contributed by atoms with Crippen molar-refractivity contribution in [3.8, 4) is 0 Å². The first kappa shape index (κ1) is 15.4. The second-order valence-electron chi connectivity index (χ2n) is 4.87. The van der Waals surface area contributed by atoms with E-state index in [4.69, 9.17) is 0 Å². The summed E-state index contributed by atoms with van der Waals surface area (Å²) in [5.41, 5.74) is 1.28. The van der Waals surface area contributed by atoms with Gasteiger partial charge in [0.15, 0.2) is 5.78 Å². The fourth-order valence-corrected chi connectivity index (χ4v) is 3.24. The number of rotatable bonds is 7. The first-order valence-corrected chi connectivity index (χ1v) is 8.32. The Hall–Kier alpha value is -0.970. The molecule has 1 aromatic heterocycles. The van der Waals surface area contributed by atoms with E-state index in [2.05, 4.69) is 40.0 Å². The first-order valence-electron chi connectivity index (χ1n) is 6.65. The second-order valence-corrected chi connectivity index (χ2v) is 6.74. The molecule has 4 heteroatoms. The van der Waals surface area contributed by atoms with Crippen LogP contribution in [0.1, 0.15) is 28.1 Å². The maximum Gasteiger partial charge on any atom is 0.172 e. The predicted octanol–water partition coefficient (Wildman–Crippen LogP) is 4.61. The van der Waals surface area contributed by atoms with Crippen molar-refractivity contribution in [3.63, 3.8) is 0 Å². The summed E-state index contributed by atoms with van der Waals surface area (Å²) in [5, 5.41) is 1.95. The number of carbonyl (C=O) groups is 1. The Labute approximate surface area is 132 Å². The first-order chi connectivity index (χ1) is 9.65. The van der Waals surface area contributed by atoms with Gasteiger partial charge in [-0.3, -0.25) is 4.79 Å². The molecule has 1 heterocycles. The van der Waals surface area contributed by atoms with Gasteiger partial charge in [-0.15, -0.1) is 11.3 Å². The molecule has 0 bridgehead atoms. The van der Waals surface area contributed by atoms with E-state index in [1.165, 1.54) is 16.9 Å². The number of Topliss-reactive ketones (excluding diaryl/α,β-unsaturated/α-hetero) is 1. The highest BCUT2D eigenvalue weighted by Gasteiger charge is 2.07. The van der Waals surface area contributed by atoms with Gasteiger partial charge in [0.1, 0.15) is 0 Å². The zero-order valence-electron chi connectivity index (χ0n) is 11.5. The summed E-state index contributed by atoms with van der Waals surface area (Å²) < 4.78 is 1.11. The molecule has 106 valence electrons. The fraction of sp³-hybridized carbons (Fsp3) is 0.312. The zero-order chi connectivity index (χ0) is 14.4. The Morgan fingerprint density at radius 3 is 2.85 bits per heavy atom. The topological polar surface area (TPSA) is 20.3 Å². The molecule has 0 saturated carbocycles. The van der Waals surface area contributed by atoms with E-state index in [9.17, 15) is 4.79 Å². The number of ketones is 1. The Morgan fingerprint density at radius 1 is 1.30 bits per heavy atom. The third kappa shape index (κ3) is 4.85. The summed E-state index contributed by atoms with van der Waals surface area (Å²) in [7, 11) is 2.09. The van der Waals surface area contributed by atoms with Crippen molar-refractivity contribution < 1.29 is 4.79 Å². The van der Waals surface area contributed by atoms with Crippen molar-refractivity contribution in [1.82, 2.24) is 4.90 Å². The molecule has 0 amide bonds. The second kappa shape index (κ2) is 7.72. The van der Waals surface area contributed by atoms with Crippen LogP contribution in [0.2, 0.25) is 0 Å². The van der Waals surface area contributed by atoms with Gasteiger partial charge in [0, 0.05) is 17.4 Å². The summed E-state index contributed by atoms with van der Waals surface area (Å²) in [5.74, 6) is 0.260. The molecule has 0 aliphatic carbocycles. The minimum absolute atomic E-state index is 0.260. The van der Waals surface area contributed by atoms with Gasteiger partial charge in [0.2, 0.25) is 0 Å². The van der Waals surface area contributed by atoms with Crippen molar-refractivity contribution in [1.29, 1.82) is 0 Å². The SMILES string of the molecule is CN(CCCC(=O)c1cccs1)Cc1cccc(Br)c1. The molecule has 0 aliphatic rings. The molecule has 0 unspecified atom stereocenters. The number of benzene rings is 1. The van der Waals surface area contributed by atoms with E-state index in [1.807, 2.05) is 29.6 Å². The van der Waals surface area contributed by atoms with Crippen LogP contribution in [0.5, 0.6) is 0 Å². The van der Waals surface area contributed by atoms with Crippen LogP contribution in [0, 0.1) is 0 Å². The molecule has 0 saturated heterocycles. The lowest BCUT2D eigenvalue weighted by Gasteiger charge is -2.16. The van der Waals surface area contributed by atoms with Crippen LogP contribution in [0.15, 0.2) is 46.3 Å². The Morgan fingerprint density at radius 2 is 2.15 bits per heavy atom. The van der Waals surface area contributed by atoms with E-state index in [1.54, 1.807) is 0 Å². The molecule has 0 radical (unpaired) electrons. The number of nitrogens with zero attached hydrogens (tertiary/aromatic N) is 1. The van der Waals surface area contributed by atoms with Crippen LogP contribution in [-0.2, 0) is 6.54 Å². The minimum atomic E-state index is 0.260. The number of hydrogen-bond donors (Lipinski definition) is 0. The van der Waals surface area contributed by atoms with Gasteiger partial charge in [-0.25, -0.2) is 0 Å². The van der Waals surface area contributed by atoms with E-state index < -0.39 is 0 Å². The van der Waals surface area contributed by atoms with E-state index >= 15 is 0 Å². The summed E-state index contributed by atoms with van der Waals surface area (Å²) >= 11 is 5.01. The smallest absolute Gasteiger partial charge is 0.172 e. The quantitative estimate of drug-likeness (QED) is 0.679. The molecule has 0 spiro atoms. The molecule has 2 nitrogen and oxygen atoms in total. The highest BCUT2D eigenvalue weighted by Crippen LogP contribution is 2.14. The third-order valence-electron chi connectivity index (χ3n) is 3.08. The molecule has 2 rings (SSSR count). The van der Waals surface area contributed by atoms with Crippen molar-refractivity contribution in [3.05, 3.63) is 56.7 Å². The van der Waals surface area contributed by atoms with E-state index in [0.717, 1.165) is 28.9 Å². The maximum absolute atomic E-state index is 11.9. The van der Waals surface area contributed by atoms with Crippen molar-refractivity contribution >= 4 is 33.0 Å². The van der Waals surface area contributed by atoms with E-state index in [-0.39, 0.29) is 5.78 Å². The van der Waals surface area contributed by atoms with Gasteiger partial charge >= 0.3 is 0 Å². The lowest BCUT2D eigenvalue weighted by atomic mass is 10.1. The Balaban J connectivity index is 1.73. The fourth-order valence-electron chi connectivity index (χ4n) is 2.10. The van der Waals surface area contributed by atoms with E-state index in [0.29, 0.717) is 6.42 Å². The van der Waals surface area contributed by atoms with Crippen LogP contribution in [-0.4, -0.2) is 24.3 Å². The average molecular weight is 352 g/mol. The summed E-state index contributed by atoms with van der Waals surface area (Å²) in [4.78, 5) is 15.0. The largest absolute Gasteiger partial charge is 0.302 e. The zero-order valence-corrected chi connectivity index (χ0v) is 13.9. The van der Waals surface area contributed by atoms with Gasteiger partial charge in [-0.2, -0.15) is 0 Å². The number of thiophene rings is 1. The van der Waals surface area contributed by atoms with Gasteiger partial charge in [-0.1, -0.05) is 34.1 Å². The number of hydrogen-bond acceptors (Lipinski definition) is 3. The van der Waals surface area contributed by atoms with Crippen LogP contribution < -0.4 is 0 Å². The standard InChI is InChI=1S/C16H18BrNOS/c1-18(12-13-5-2-6-14(17)11-13)9-3-7-15(19)16-8-4-10-20-16/h2,4-6,8,10-11H,3,7,9,12H2,1H3. The molecule has 2 aromatic rings. The maximum atomic E-state index is 11.9. The molecule has 1 aromatic carbocycles. The Kier molecular flexibility index (Phi) is 5.95. The van der Waals surface area contributed by atoms with Gasteiger partial charge in [0.25, 0.3) is 0 Å². The molecule has 0 aliphatic heterocycles. The van der Waals surface area contributed by atoms with Crippen LogP contribution in [0.4, 0.5) is 0 Å². The molecule has 0 N–H and O–H groups in total. The Bertz CT molecular complexity index is 553. The molecular weight excluding hydrogens is 334 g/mol. The molecule has 0 fully saturated rings. The molecular formula is C16H18BrNOS. The van der Waals surface area contributed by atoms with Crippen LogP contribution in [0.3, 0.4) is 0 Å². The third-order valence-corrected chi connectivity index (χ3v) is 4.49. The van der Waals surface area contributed by atoms with Gasteiger partial charge in [0.05, 0.1) is 4.88 Å². The van der Waals surface area contributed by atoms with Crippen molar-refractivity contribution in [2.24, 2.45) is 0 Å². The predicted molar refractivity (Wildman–Crippen MR) is 88.4 cm³/mol. The normalized spacial score (nSPS) is 10.9. The minimum Gasteiger partial charge on any atom is -0.302 e. The lowest BCUT2D eigenvalue weighted by Crippen LogP contribution is -2.19. The highest BCUT2D eigenvalue weighted by molar-refractivity contribution is 9.10. The average Bonchev–Trinajstić information content (AvgIpc) is 2.92. The van der Waals surface area contributed by atoms with Crippen molar-refractivity contribution in [2.45, 2.75) is 19.4 Å². The van der Waals surface area contributed by atoms with Crippen LogP contribution in [0.25, 0.3) is 0 Å².